The van der Waals surface area contributed by atoms with E-state index in [0.29, 0.717) is 28.7 Å². The number of aliphatic imine (C=N–C) groups is 2. The third-order valence-electron chi connectivity index (χ3n) is 7.20. The molecule has 43 heavy (non-hydrogen) atoms. The Labute approximate surface area is 294 Å². The molecule has 0 saturated heterocycles. The second kappa shape index (κ2) is 18.5. The molecule has 237 valence electrons. The van der Waals surface area contributed by atoms with Crippen LogP contribution in [0, 0.1) is 13.8 Å². The third-order valence-corrected chi connectivity index (χ3v) is 7.42. The van der Waals surface area contributed by atoms with Gasteiger partial charge in [0.2, 0.25) is 0 Å². The molecule has 0 aliphatic rings. The summed E-state index contributed by atoms with van der Waals surface area (Å²) < 4.78 is 0. The number of nitrogens with zero attached hydrogens (tertiary/aromatic N) is 3. The van der Waals surface area contributed by atoms with Crippen molar-refractivity contribution in [3.05, 3.63) is 86.2 Å². The van der Waals surface area contributed by atoms with Gasteiger partial charge in [-0.2, -0.15) is 0 Å². The molecule has 0 aliphatic heterocycles. The molecule has 8 heteroatoms. The third kappa shape index (κ3) is 10.9. The van der Waals surface area contributed by atoms with E-state index in [4.69, 9.17) is 26.6 Å². The van der Waals surface area contributed by atoms with E-state index in [9.17, 15) is 0 Å². The minimum absolute atomic E-state index is 0. The van der Waals surface area contributed by atoms with E-state index in [-0.39, 0.29) is 54.3 Å². The van der Waals surface area contributed by atoms with Crippen LogP contribution in [0.5, 0.6) is 0 Å². The Morgan fingerprint density at radius 1 is 0.558 bits per heavy atom. The molecule has 1 aromatic heterocycles. The molecule has 3 aromatic rings. The summed E-state index contributed by atoms with van der Waals surface area (Å²) in [5.41, 5.74) is 12.9. The average Bonchev–Trinajstić information content (AvgIpc) is 2.84. The number of halogens is 4. The number of aryl methyl sites for hydroxylation is 2. The Bertz CT molecular complexity index is 1260. The molecule has 0 aliphatic carbocycles. The van der Waals surface area contributed by atoms with Gasteiger partial charge in [0.25, 0.3) is 0 Å². The first-order chi connectivity index (χ1) is 18.2. The smallest absolute Gasteiger partial charge is 1.00 e. The maximum absolute atomic E-state index is 6.66. The number of benzene rings is 2. The first-order valence-corrected chi connectivity index (χ1v) is 14.6. The van der Waals surface area contributed by atoms with E-state index in [1.165, 1.54) is 33.4 Å². The molecule has 0 N–H and O–H groups in total. The fourth-order valence-corrected chi connectivity index (χ4v) is 5.21. The average molecular weight is 706 g/mol. The summed E-state index contributed by atoms with van der Waals surface area (Å²) in [6.07, 6.45) is 0. The summed E-state index contributed by atoms with van der Waals surface area (Å²) in [6, 6.07) is 12.8. The SMILES string of the molecule is CC(=Nc1c(C(C)C)cc(C)cc1C(C)C)c1cc(Cl)cc(C(C)=Nc2c(C(C)C)cc(C)cc2C(C)C)n1.[Cl-].[Cl-].[Cl-].[Fe+3]. The van der Waals surface area contributed by atoms with Gasteiger partial charge in [0.15, 0.2) is 0 Å². The molecule has 3 nitrogen and oxygen atoms in total. The standard InChI is InChI=1S/C35H46ClN3.3ClH.Fe/c1-19(2)28-13-23(9)14-29(20(3)4)34(28)37-25(11)32-17-27(36)18-33(39-32)26(12)38-35-30(21(5)6)15-24(10)16-31(35)22(7)8;;;;/h13-22H,1-12H3;3*1H;/q;;;;+3/p-3. The van der Waals surface area contributed by atoms with E-state index >= 15 is 0 Å². The maximum Gasteiger partial charge on any atom is 3.00 e. The number of hydrogen-bond donors (Lipinski definition) is 0. The zero-order chi connectivity index (χ0) is 29.2. The van der Waals surface area contributed by atoms with Gasteiger partial charge in [0.05, 0.1) is 34.2 Å². The quantitative estimate of drug-likeness (QED) is 0.262. The topological polar surface area (TPSA) is 37.6 Å². The monoisotopic (exact) mass is 704 g/mol. The second-order valence-electron chi connectivity index (χ2n) is 12.2. The minimum Gasteiger partial charge on any atom is -1.00 e. The predicted octanol–water partition coefficient (Wildman–Crippen LogP) is 2.14. The van der Waals surface area contributed by atoms with Crippen LogP contribution in [0.15, 0.2) is 46.4 Å². The van der Waals surface area contributed by atoms with Crippen molar-refractivity contribution in [1.29, 1.82) is 0 Å². The zero-order valence-corrected chi connectivity index (χ0v) is 31.6. The van der Waals surface area contributed by atoms with E-state index in [0.717, 1.165) is 34.2 Å². The van der Waals surface area contributed by atoms with Gasteiger partial charge in [-0.3, -0.25) is 9.98 Å². The van der Waals surface area contributed by atoms with Crippen LogP contribution in [0.25, 0.3) is 0 Å². The number of hydrogen-bond acceptors (Lipinski definition) is 3. The molecular formula is C35H46Cl4FeN3. The van der Waals surface area contributed by atoms with Gasteiger partial charge in [0.1, 0.15) is 0 Å². The molecule has 0 fully saturated rings. The van der Waals surface area contributed by atoms with Gasteiger partial charge < -0.3 is 37.2 Å². The summed E-state index contributed by atoms with van der Waals surface area (Å²) in [4.78, 5) is 15.4. The molecule has 0 atom stereocenters. The van der Waals surface area contributed by atoms with Crippen LogP contribution in [0.2, 0.25) is 5.02 Å². The van der Waals surface area contributed by atoms with Gasteiger partial charge in [0, 0.05) is 5.02 Å². The normalized spacial score (nSPS) is 11.7. The van der Waals surface area contributed by atoms with Crippen molar-refractivity contribution in [1.82, 2.24) is 4.98 Å². The van der Waals surface area contributed by atoms with Crippen molar-refractivity contribution >= 4 is 34.4 Å². The van der Waals surface area contributed by atoms with Crippen molar-refractivity contribution in [3.8, 4) is 0 Å². The summed E-state index contributed by atoms with van der Waals surface area (Å²) in [7, 11) is 0. The van der Waals surface area contributed by atoms with E-state index in [1.807, 2.05) is 26.0 Å². The number of pyridine rings is 1. The molecule has 1 heterocycles. The van der Waals surface area contributed by atoms with Crippen LogP contribution in [0.4, 0.5) is 11.4 Å². The predicted molar refractivity (Wildman–Crippen MR) is 172 cm³/mol. The molecule has 1 radical (unpaired) electrons. The van der Waals surface area contributed by atoms with Crippen LogP contribution in [0.1, 0.15) is 138 Å². The van der Waals surface area contributed by atoms with Crippen LogP contribution in [0.3, 0.4) is 0 Å². The summed E-state index contributed by atoms with van der Waals surface area (Å²) in [5.74, 6) is 1.47. The van der Waals surface area contributed by atoms with Crippen molar-refractivity contribution in [2.24, 2.45) is 9.98 Å². The van der Waals surface area contributed by atoms with Crippen molar-refractivity contribution in [3.63, 3.8) is 0 Å². The summed E-state index contributed by atoms with van der Waals surface area (Å²) >= 11 is 6.66. The minimum atomic E-state index is 0. The molecule has 0 bridgehead atoms. The van der Waals surface area contributed by atoms with E-state index in [1.54, 1.807) is 0 Å². The molecule has 0 spiro atoms. The largest absolute Gasteiger partial charge is 3.00 e. The number of rotatable bonds is 8. The van der Waals surface area contributed by atoms with Crippen LogP contribution >= 0.6 is 11.6 Å². The van der Waals surface area contributed by atoms with Crippen LogP contribution in [-0.2, 0) is 17.1 Å². The van der Waals surface area contributed by atoms with Gasteiger partial charge in [-0.05, 0) is 85.8 Å². The molecule has 0 amide bonds. The molecule has 3 rings (SSSR count). The summed E-state index contributed by atoms with van der Waals surface area (Å²) in [5, 5.41) is 0.633. The van der Waals surface area contributed by atoms with Gasteiger partial charge in [-0.1, -0.05) is 102 Å². The van der Waals surface area contributed by atoms with Crippen molar-refractivity contribution in [2.75, 3.05) is 0 Å². The first-order valence-electron chi connectivity index (χ1n) is 14.3. The maximum atomic E-state index is 6.66. The van der Waals surface area contributed by atoms with E-state index < -0.39 is 0 Å². The zero-order valence-electron chi connectivity index (χ0n) is 27.5. The van der Waals surface area contributed by atoms with Crippen molar-refractivity contribution < 1.29 is 54.3 Å². The molecular weight excluding hydrogens is 660 g/mol. The Morgan fingerprint density at radius 2 is 0.814 bits per heavy atom. The van der Waals surface area contributed by atoms with Crippen LogP contribution < -0.4 is 37.2 Å². The van der Waals surface area contributed by atoms with Gasteiger partial charge >= 0.3 is 17.1 Å². The Kier molecular flexibility index (Phi) is 18.9. The van der Waals surface area contributed by atoms with Crippen molar-refractivity contribution in [2.45, 2.75) is 107 Å². The Hall–Kier alpha value is -1.39. The number of aromatic nitrogens is 1. The fourth-order valence-electron chi connectivity index (χ4n) is 5.01. The Morgan fingerprint density at radius 3 is 1.05 bits per heavy atom. The fraction of sp³-hybridized carbons (Fsp3) is 0.457. The van der Waals surface area contributed by atoms with Gasteiger partial charge in [-0.25, -0.2) is 4.98 Å². The molecule has 0 saturated carbocycles. The van der Waals surface area contributed by atoms with E-state index in [2.05, 4.69) is 93.5 Å². The first kappa shape index (κ1) is 43.7. The molecule has 2 aromatic carbocycles. The second-order valence-corrected chi connectivity index (χ2v) is 12.6. The van der Waals surface area contributed by atoms with Gasteiger partial charge in [-0.15, -0.1) is 0 Å². The molecule has 0 unspecified atom stereocenters. The summed E-state index contributed by atoms with van der Waals surface area (Å²) in [6.45, 7) is 26.2. The van der Waals surface area contributed by atoms with Crippen LogP contribution in [-0.4, -0.2) is 16.4 Å². The Balaban J connectivity index is 0.